The maximum absolute atomic E-state index is 13.8. The van der Waals surface area contributed by atoms with Crippen molar-refractivity contribution in [1.29, 1.82) is 0 Å². The fourth-order valence-electron chi connectivity index (χ4n) is 4.31. The van der Waals surface area contributed by atoms with Crippen LogP contribution in [0.2, 0.25) is 0 Å². The summed E-state index contributed by atoms with van der Waals surface area (Å²) in [5.74, 6) is -0.878. The van der Waals surface area contributed by atoms with Gasteiger partial charge in [0.25, 0.3) is 5.91 Å². The smallest absolute Gasteiger partial charge is 0.255 e. The number of amides is 2. The van der Waals surface area contributed by atoms with E-state index in [4.69, 9.17) is 0 Å². The molecule has 0 aromatic heterocycles. The van der Waals surface area contributed by atoms with E-state index in [2.05, 4.69) is 5.32 Å². The summed E-state index contributed by atoms with van der Waals surface area (Å²) in [6.07, 6.45) is 0. The van der Waals surface area contributed by atoms with Gasteiger partial charge in [0.2, 0.25) is 5.91 Å². The summed E-state index contributed by atoms with van der Waals surface area (Å²) in [5, 5.41) is 4.91. The zero-order valence-electron chi connectivity index (χ0n) is 17.5. The van der Waals surface area contributed by atoms with E-state index in [1.54, 1.807) is 23.1 Å². The molecule has 0 saturated carbocycles. The van der Waals surface area contributed by atoms with Crippen LogP contribution in [0, 0.1) is 12.7 Å². The first-order chi connectivity index (χ1) is 15.5. The van der Waals surface area contributed by atoms with Crippen LogP contribution in [0.25, 0.3) is 10.8 Å². The fraction of sp³-hybridized carbons (Fsp3) is 0.111. The molecule has 1 aliphatic heterocycles. The van der Waals surface area contributed by atoms with Gasteiger partial charge in [-0.25, -0.2) is 4.39 Å². The Morgan fingerprint density at radius 2 is 1.69 bits per heavy atom. The van der Waals surface area contributed by atoms with Crippen molar-refractivity contribution in [3.63, 3.8) is 0 Å². The van der Waals surface area contributed by atoms with Gasteiger partial charge in [-0.05, 0) is 53.6 Å². The van der Waals surface area contributed by atoms with Crippen molar-refractivity contribution in [2.75, 3.05) is 11.9 Å². The number of hydrogen-bond acceptors (Lipinski definition) is 2. The van der Waals surface area contributed by atoms with Crippen molar-refractivity contribution < 1.29 is 14.0 Å². The van der Waals surface area contributed by atoms with Crippen LogP contribution in [0.3, 0.4) is 0 Å². The highest BCUT2D eigenvalue weighted by Crippen LogP contribution is 2.37. The number of hydrogen-bond donors (Lipinski definition) is 1. The Bertz CT molecular complexity index is 1350. The number of carbonyl (C=O) groups is 2. The second-order valence-electron chi connectivity index (χ2n) is 8.09. The van der Waals surface area contributed by atoms with E-state index in [0.717, 1.165) is 27.5 Å². The normalized spacial score (nSPS) is 15.8. The number of halogens is 1. The highest BCUT2D eigenvalue weighted by Gasteiger charge is 2.34. The van der Waals surface area contributed by atoms with Crippen LogP contribution >= 0.6 is 0 Å². The van der Waals surface area contributed by atoms with E-state index in [-0.39, 0.29) is 24.2 Å². The molecule has 0 bridgehead atoms. The number of rotatable bonds is 2. The van der Waals surface area contributed by atoms with E-state index in [1.165, 1.54) is 12.1 Å². The lowest BCUT2D eigenvalue weighted by Gasteiger charge is -2.31. The number of nitrogens with zero attached hydrogens (tertiary/aromatic N) is 1. The zero-order chi connectivity index (χ0) is 22.2. The molecule has 4 aromatic carbocycles. The van der Waals surface area contributed by atoms with Crippen LogP contribution in [0.5, 0.6) is 0 Å². The number of carbonyl (C=O) groups excluding carboxylic acids is 2. The zero-order valence-corrected chi connectivity index (χ0v) is 17.5. The molecule has 0 fully saturated rings. The fourth-order valence-corrected chi connectivity index (χ4v) is 4.31. The predicted octanol–water partition coefficient (Wildman–Crippen LogP) is 5.47. The molecule has 0 radical (unpaired) electrons. The molecule has 1 aliphatic rings. The van der Waals surface area contributed by atoms with Gasteiger partial charge in [-0.1, -0.05) is 60.2 Å². The number of nitrogens with one attached hydrogen (secondary N) is 1. The quantitative estimate of drug-likeness (QED) is 0.464. The molecule has 0 saturated heterocycles. The first-order valence-electron chi connectivity index (χ1n) is 10.5. The van der Waals surface area contributed by atoms with Gasteiger partial charge in [0.05, 0.1) is 6.04 Å². The summed E-state index contributed by atoms with van der Waals surface area (Å²) in [6, 6.07) is 24.7. The molecule has 1 unspecified atom stereocenters. The van der Waals surface area contributed by atoms with Gasteiger partial charge in [-0.3, -0.25) is 9.59 Å². The van der Waals surface area contributed by atoms with E-state index in [0.29, 0.717) is 11.3 Å². The molecular weight excluding hydrogens is 403 g/mol. The number of fused-ring (bicyclic) bond motifs is 2. The largest absolute Gasteiger partial charge is 0.324 e. The van der Waals surface area contributed by atoms with Crippen LogP contribution in [-0.2, 0) is 4.79 Å². The summed E-state index contributed by atoms with van der Waals surface area (Å²) < 4.78 is 13.7. The SMILES string of the molecule is Cc1ccc2c(c1)C(c1ccc(F)cc1)N(C(=O)c1ccc3ccccc3c1)CC(=O)N2. The molecule has 2 amide bonds. The Balaban J connectivity index is 1.67. The Hall–Kier alpha value is -3.99. The van der Waals surface area contributed by atoms with Gasteiger partial charge in [0.1, 0.15) is 12.4 Å². The highest BCUT2D eigenvalue weighted by molar-refractivity contribution is 6.03. The molecule has 1 atom stereocenters. The first kappa shape index (κ1) is 19.9. The van der Waals surface area contributed by atoms with Crippen molar-refractivity contribution in [3.8, 4) is 0 Å². The molecule has 5 rings (SSSR count). The molecule has 32 heavy (non-hydrogen) atoms. The Kier molecular flexibility index (Phi) is 4.94. The minimum atomic E-state index is -0.538. The van der Waals surface area contributed by atoms with Gasteiger partial charge in [0.15, 0.2) is 0 Å². The van der Waals surface area contributed by atoms with Crippen molar-refractivity contribution in [3.05, 3.63) is 113 Å². The van der Waals surface area contributed by atoms with Crippen molar-refractivity contribution >= 4 is 28.3 Å². The van der Waals surface area contributed by atoms with E-state index < -0.39 is 6.04 Å². The van der Waals surface area contributed by atoms with Crippen molar-refractivity contribution in [2.45, 2.75) is 13.0 Å². The molecule has 5 heteroatoms. The third-order valence-electron chi connectivity index (χ3n) is 5.84. The highest BCUT2D eigenvalue weighted by atomic mass is 19.1. The lowest BCUT2D eigenvalue weighted by atomic mass is 9.94. The molecule has 1 N–H and O–H groups in total. The summed E-state index contributed by atoms with van der Waals surface area (Å²) in [6.45, 7) is 1.85. The molecular formula is C27H21FN2O2. The average Bonchev–Trinajstić information content (AvgIpc) is 2.94. The molecule has 158 valence electrons. The van der Waals surface area contributed by atoms with Crippen LogP contribution < -0.4 is 5.32 Å². The molecule has 0 aliphatic carbocycles. The summed E-state index contributed by atoms with van der Waals surface area (Å²) in [5.41, 5.74) is 3.70. The Morgan fingerprint density at radius 1 is 0.938 bits per heavy atom. The van der Waals surface area contributed by atoms with Crippen molar-refractivity contribution in [1.82, 2.24) is 4.90 Å². The minimum Gasteiger partial charge on any atom is -0.324 e. The minimum absolute atomic E-state index is 0.110. The number of anilines is 1. The third-order valence-corrected chi connectivity index (χ3v) is 5.84. The maximum atomic E-state index is 13.8. The lowest BCUT2D eigenvalue weighted by molar-refractivity contribution is -0.117. The average molecular weight is 424 g/mol. The van der Waals surface area contributed by atoms with Crippen LogP contribution in [-0.4, -0.2) is 23.3 Å². The molecule has 4 aromatic rings. The maximum Gasteiger partial charge on any atom is 0.255 e. The Morgan fingerprint density at radius 3 is 2.47 bits per heavy atom. The van der Waals surface area contributed by atoms with Crippen LogP contribution in [0.15, 0.2) is 84.9 Å². The van der Waals surface area contributed by atoms with Crippen LogP contribution in [0.1, 0.15) is 33.1 Å². The molecule has 1 heterocycles. The monoisotopic (exact) mass is 424 g/mol. The lowest BCUT2D eigenvalue weighted by Crippen LogP contribution is -2.39. The standard InChI is InChI=1S/C27H21FN2O2/c1-17-6-13-24-23(14-17)26(19-9-11-22(28)12-10-19)30(16-25(31)29-24)27(32)21-8-7-18-4-2-3-5-20(18)15-21/h2-15,26H,16H2,1H3,(H,29,31). The van der Waals surface area contributed by atoms with Crippen LogP contribution in [0.4, 0.5) is 10.1 Å². The first-order valence-corrected chi connectivity index (χ1v) is 10.5. The second-order valence-corrected chi connectivity index (χ2v) is 8.09. The topological polar surface area (TPSA) is 49.4 Å². The van der Waals surface area contributed by atoms with Gasteiger partial charge >= 0.3 is 0 Å². The van der Waals surface area contributed by atoms with Gasteiger partial charge in [0, 0.05) is 16.8 Å². The number of benzene rings is 4. The summed E-state index contributed by atoms with van der Waals surface area (Å²) >= 11 is 0. The predicted molar refractivity (Wildman–Crippen MR) is 123 cm³/mol. The molecule has 4 nitrogen and oxygen atoms in total. The third kappa shape index (κ3) is 3.62. The van der Waals surface area contributed by atoms with Gasteiger partial charge in [-0.15, -0.1) is 0 Å². The van der Waals surface area contributed by atoms with Gasteiger partial charge in [-0.2, -0.15) is 0 Å². The number of aryl methyl sites for hydroxylation is 1. The van der Waals surface area contributed by atoms with E-state index in [9.17, 15) is 14.0 Å². The van der Waals surface area contributed by atoms with Crippen molar-refractivity contribution in [2.24, 2.45) is 0 Å². The summed E-state index contributed by atoms with van der Waals surface area (Å²) in [7, 11) is 0. The molecule has 0 spiro atoms. The van der Waals surface area contributed by atoms with E-state index >= 15 is 0 Å². The van der Waals surface area contributed by atoms with E-state index in [1.807, 2.05) is 61.5 Å². The van der Waals surface area contributed by atoms with Gasteiger partial charge < -0.3 is 10.2 Å². The second kappa shape index (κ2) is 7.93. The Labute approximate surface area is 185 Å². The summed E-state index contributed by atoms with van der Waals surface area (Å²) in [4.78, 5) is 28.1.